The summed E-state index contributed by atoms with van der Waals surface area (Å²) in [5, 5.41) is 3.56. The Hall–Kier alpha value is -3.97. The van der Waals surface area contributed by atoms with Crippen LogP contribution in [0.2, 0.25) is 0 Å². The van der Waals surface area contributed by atoms with E-state index in [2.05, 4.69) is 41.4 Å². The van der Waals surface area contributed by atoms with E-state index >= 15 is 0 Å². The molecule has 2 aliphatic rings. The summed E-state index contributed by atoms with van der Waals surface area (Å²) in [6, 6.07) is 30.4. The Morgan fingerprint density at radius 2 is 1.61 bits per heavy atom. The number of alkyl halides is 3. The highest BCUT2D eigenvalue weighted by Gasteiger charge is 2.32. The number of piperidine rings is 1. The molecule has 2 heterocycles. The molecule has 44 heavy (non-hydrogen) atoms. The summed E-state index contributed by atoms with van der Waals surface area (Å²) < 4.78 is 52.3. The number of nitrogens with zero attached hydrogens (tertiary/aromatic N) is 1. The molecule has 6 rings (SSSR count). The third-order valence-corrected chi connectivity index (χ3v) is 8.84. The van der Waals surface area contributed by atoms with Crippen LogP contribution in [0.25, 0.3) is 0 Å². The number of hydrogen-bond donors (Lipinski definition) is 1. The van der Waals surface area contributed by atoms with Gasteiger partial charge in [-0.25, -0.2) is 0 Å². The molecular weight excluding hydrogens is 561 g/mol. The fraction of sp³-hybridized carbons (Fsp3) is 0.351. The number of fused-ring (bicyclic) bond motifs is 1. The van der Waals surface area contributed by atoms with Crippen molar-refractivity contribution in [1.29, 1.82) is 0 Å². The zero-order valence-electron chi connectivity index (χ0n) is 25.0. The molecule has 4 aromatic rings. The maximum atomic E-state index is 13.3. The van der Waals surface area contributed by atoms with Crippen LogP contribution < -0.4 is 19.7 Å². The minimum absolute atomic E-state index is 0.0456. The first kappa shape index (κ1) is 30.1. The lowest BCUT2D eigenvalue weighted by Crippen LogP contribution is -2.44. The first-order valence-electron chi connectivity index (χ1n) is 15.6. The molecule has 4 nitrogen and oxygen atoms in total. The maximum Gasteiger partial charge on any atom is 0.416 e. The summed E-state index contributed by atoms with van der Waals surface area (Å²) in [7, 11) is 0. The van der Waals surface area contributed by atoms with Crippen molar-refractivity contribution in [2.45, 2.75) is 70.0 Å². The van der Waals surface area contributed by atoms with Crippen molar-refractivity contribution in [3.63, 3.8) is 0 Å². The first-order valence-corrected chi connectivity index (χ1v) is 15.6. The minimum Gasteiger partial charge on any atom is -0.489 e. The molecule has 3 atom stereocenters. The van der Waals surface area contributed by atoms with E-state index < -0.39 is 11.7 Å². The molecule has 0 amide bonds. The van der Waals surface area contributed by atoms with Gasteiger partial charge < -0.3 is 19.7 Å². The second-order valence-electron chi connectivity index (χ2n) is 11.9. The lowest BCUT2D eigenvalue weighted by molar-refractivity contribution is -0.137. The SMILES string of the molecule is CC(Oc1ccc(CC2c3ccc(OCc4ccccc4)cc3CCN2c2ccc(C(F)(F)F)cc2)cc1)C1CCCCN1. The molecule has 0 radical (unpaired) electrons. The molecule has 0 bridgehead atoms. The molecule has 1 N–H and O–H groups in total. The lowest BCUT2D eigenvalue weighted by atomic mass is 9.88. The molecule has 0 saturated carbocycles. The quantitative estimate of drug-likeness (QED) is 0.209. The zero-order chi connectivity index (χ0) is 30.5. The van der Waals surface area contributed by atoms with E-state index in [0.29, 0.717) is 25.6 Å². The second kappa shape index (κ2) is 13.3. The van der Waals surface area contributed by atoms with Crippen molar-refractivity contribution in [3.05, 3.63) is 125 Å². The molecule has 7 heteroatoms. The van der Waals surface area contributed by atoms with Crippen LogP contribution in [0.3, 0.4) is 0 Å². The number of rotatable bonds is 9. The second-order valence-corrected chi connectivity index (χ2v) is 11.9. The fourth-order valence-electron chi connectivity index (χ4n) is 6.39. The van der Waals surface area contributed by atoms with E-state index in [1.807, 2.05) is 48.5 Å². The summed E-state index contributed by atoms with van der Waals surface area (Å²) in [5.41, 5.74) is 4.77. The van der Waals surface area contributed by atoms with Crippen LogP contribution >= 0.6 is 0 Å². The summed E-state index contributed by atoms with van der Waals surface area (Å²) in [6.07, 6.45) is 0.764. The predicted octanol–water partition coefficient (Wildman–Crippen LogP) is 8.54. The number of nitrogens with one attached hydrogen (secondary N) is 1. The molecular formula is C37H39F3N2O2. The van der Waals surface area contributed by atoms with Crippen LogP contribution in [-0.4, -0.2) is 25.2 Å². The molecule has 2 aliphatic heterocycles. The highest BCUT2D eigenvalue weighted by atomic mass is 19.4. The molecule has 1 fully saturated rings. The Bertz CT molecular complexity index is 1500. The Morgan fingerprint density at radius 3 is 2.32 bits per heavy atom. The average molecular weight is 601 g/mol. The van der Waals surface area contributed by atoms with Crippen molar-refractivity contribution in [2.24, 2.45) is 0 Å². The van der Waals surface area contributed by atoms with Gasteiger partial charge in [-0.2, -0.15) is 13.2 Å². The van der Waals surface area contributed by atoms with Gasteiger partial charge in [-0.1, -0.05) is 55.0 Å². The van der Waals surface area contributed by atoms with E-state index in [9.17, 15) is 13.2 Å². The Kier molecular flexibility index (Phi) is 9.12. The summed E-state index contributed by atoms with van der Waals surface area (Å²) in [6.45, 7) is 4.34. The smallest absolute Gasteiger partial charge is 0.416 e. The van der Waals surface area contributed by atoms with E-state index in [4.69, 9.17) is 9.47 Å². The highest BCUT2D eigenvalue weighted by molar-refractivity contribution is 5.55. The van der Waals surface area contributed by atoms with Crippen LogP contribution in [-0.2, 0) is 25.6 Å². The van der Waals surface area contributed by atoms with Gasteiger partial charge in [0.15, 0.2) is 0 Å². The van der Waals surface area contributed by atoms with E-state index in [1.165, 1.54) is 36.1 Å². The van der Waals surface area contributed by atoms with Gasteiger partial charge in [-0.15, -0.1) is 0 Å². The lowest BCUT2D eigenvalue weighted by Gasteiger charge is -2.39. The largest absolute Gasteiger partial charge is 0.489 e. The van der Waals surface area contributed by atoms with Crippen LogP contribution in [0.1, 0.15) is 60.0 Å². The van der Waals surface area contributed by atoms with Gasteiger partial charge in [-0.05, 0) is 110 Å². The maximum absolute atomic E-state index is 13.3. The van der Waals surface area contributed by atoms with E-state index in [1.54, 1.807) is 12.1 Å². The van der Waals surface area contributed by atoms with Gasteiger partial charge in [0.25, 0.3) is 0 Å². The number of benzene rings is 4. The van der Waals surface area contributed by atoms with Crippen molar-refractivity contribution in [3.8, 4) is 11.5 Å². The van der Waals surface area contributed by atoms with Crippen LogP contribution in [0.5, 0.6) is 11.5 Å². The fourth-order valence-corrected chi connectivity index (χ4v) is 6.39. The molecule has 230 valence electrons. The summed E-state index contributed by atoms with van der Waals surface area (Å²) in [5.74, 6) is 1.66. The van der Waals surface area contributed by atoms with Gasteiger partial charge in [0, 0.05) is 18.3 Å². The molecule has 0 aliphatic carbocycles. The Balaban J connectivity index is 1.22. The first-order chi connectivity index (χ1) is 21.3. The monoisotopic (exact) mass is 600 g/mol. The topological polar surface area (TPSA) is 33.7 Å². The van der Waals surface area contributed by atoms with Crippen LogP contribution in [0, 0.1) is 0 Å². The van der Waals surface area contributed by atoms with Gasteiger partial charge in [-0.3, -0.25) is 0 Å². The van der Waals surface area contributed by atoms with Crippen molar-refractivity contribution in [2.75, 3.05) is 18.0 Å². The normalized spacial score (nSPS) is 19.2. The van der Waals surface area contributed by atoms with E-state index in [-0.39, 0.29) is 12.1 Å². The van der Waals surface area contributed by atoms with Crippen molar-refractivity contribution < 1.29 is 22.6 Å². The molecule has 0 aromatic heterocycles. The molecule has 3 unspecified atom stereocenters. The van der Waals surface area contributed by atoms with Gasteiger partial charge >= 0.3 is 6.18 Å². The third kappa shape index (κ3) is 7.21. The molecule has 4 aromatic carbocycles. The van der Waals surface area contributed by atoms with E-state index in [0.717, 1.165) is 47.7 Å². The average Bonchev–Trinajstić information content (AvgIpc) is 3.05. The standard InChI is InChI=1S/C37H39F3N2O2/c1-26(35-9-5-6-21-41-35)44-32-16-10-27(11-17-32)23-36-34-19-18-33(43-25-28-7-3-2-4-8-28)24-29(34)20-22-42(36)31-14-12-30(13-15-31)37(38,39)40/h2-4,7-8,10-19,24,26,35-36,41H,5-6,9,20-23,25H2,1H3. The van der Waals surface area contributed by atoms with Crippen molar-refractivity contribution >= 4 is 5.69 Å². The Morgan fingerprint density at radius 1 is 0.864 bits per heavy atom. The summed E-state index contributed by atoms with van der Waals surface area (Å²) >= 11 is 0. The van der Waals surface area contributed by atoms with Crippen LogP contribution in [0.4, 0.5) is 18.9 Å². The number of ether oxygens (including phenoxy) is 2. The van der Waals surface area contributed by atoms with Crippen LogP contribution in [0.15, 0.2) is 97.1 Å². The van der Waals surface area contributed by atoms with Gasteiger partial charge in [0.1, 0.15) is 24.2 Å². The van der Waals surface area contributed by atoms with Gasteiger partial charge in [0.05, 0.1) is 11.6 Å². The van der Waals surface area contributed by atoms with Crippen molar-refractivity contribution in [1.82, 2.24) is 5.32 Å². The highest BCUT2D eigenvalue weighted by Crippen LogP contribution is 2.39. The minimum atomic E-state index is -4.36. The number of anilines is 1. The molecule has 1 saturated heterocycles. The van der Waals surface area contributed by atoms with Gasteiger partial charge in [0.2, 0.25) is 0 Å². The predicted molar refractivity (Wildman–Crippen MR) is 168 cm³/mol. The third-order valence-electron chi connectivity index (χ3n) is 8.84. The molecule has 0 spiro atoms. The Labute approximate surface area is 257 Å². The number of halogens is 3. The zero-order valence-corrected chi connectivity index (χ0v) is 25.0. The summed E-state index contributed by atoms with van der Waals surface area (Å²) in [4.78, 5) is 2.23. The number of hydrogen-bond acceptors (Lipinski definition) is 4.